The van der Waals surface area contributed by atoms with Gasteiger partial charge in [-0.2, -0.15) is 0 Å². The zero-order valence-corrected chi connectivity index (χ0v) is 20.8. The molecule has 1 aliphatic heterocycles. The molecular formula is C27H25N3O6S. The molecule has 1 atom stereocenters. The fraction of sp³-hybridized carbons (Fsp3) is 0.185. The van der Waals surface area contributed by atoms with Crippen molar-refractivity contribution < 1.29 is 28.7 Å². The van der Waals surface area contributed by atoms with Crippen LogP contribution in [0.15, 0.2) is 77.7 Å². The van der Waals surface area contributed by atoms with Crippen molar-refractivity contribution in [3.63, 3.8) is 0 Å². The zero-order chi connectivity index (χ0) is 26.4. The van der Waals surface area contributed by atoms with E-state index in [0.29, 0.717) is 29.4 Å². The lowest BCUT2D eigenvalue weighted by Crippen LogP contribution is -2.31. The van der Waals surface area contributed by atoms with Gasteiger partial charge in [-0.15, -0.1) is 11.8 Å². The number of nitrogen functional groups attached to an aromatic ring is 1. The number of carbonyl (C=O) groups is 4. The Bertz CT molecular complexity index is 1310. The van der Waals surface area contributed by atoms with Gasteiger partial charge in [-0.3, -0.25) is 14.4 Å². The van der Waals surface area contributed by atoms with Crippen LogP contribution in [0.3, 0.4) is 0 Å². The molecule has 1 aliphatic rings. The number of hydrogen-bond donors (Lipinski definition) is 2. The molecule has 10 heteroatoms. The lowest BCUT2D eigenvalue weighted by atomic mass is 10.2. The predicted octanol–water partition coefficient (Wildman–Crippen LogP) is 3.89. The van der Waals surface area contributed by atoms with Crippen molar-refractivity contribution in [1.82, 2.24) is 0 Å². The highest BCUT2D eigenvalue weighted by Gasteiger charge is 2.40. The quantitative estimate of drug-likeness (QED) is 0.248. The van der Waals surface area contributed by atoms with Crippen molar-refractivity contribution in [2.24, 2.45) is 0 Å². The van der Waals surface area contributed by atoms with Gasteiger partial charge in [-0.05, 0) is 73.7 Å². The lowest BCUT2D eigenvalue weighted by molar-refractivity contribution is -0.121. The first kappa shape index (κ1) is 25.8. The molecule has 4 rings (SSSR count). The van der Waals surface area contributed by atoms with Crippen LogP contribution in [0.4, 0.5) is 17.1 Å². The second-order valence-corrected chi connectivity index (χ2v) is 9.36. The molecule has 3 N–H and O–H groups in total. The van der Waals surface area contributed by atoms with E-state index in [0.717, 1.165) is 9.80 Å². The molecule has 37 heavy (non-hydrogen) atoms. The minimum atomic E-state index is -0.706. The van der Waals surface area contributed by atoms with Crippen LogP contribution in [0.5, 0.6) is 5.75 Å². The van der Waals surface area contributed by atoms with E-state index in [4.69, 9.17) is 15.2 Å². The first-order valence-corrected chi connectivity index (χ1v) is 12.4. The number of rotatable bonds is 9. The van der Waals surface area contributed by atoms with Crippen LogP contribution in [0.1, 0.15) is 23.7 Å². The molecule has 1 unspecified atom stereocenters. The molecule has 3 amide bonds. The number of hydrogen-bond acceptors (Lipinski definition) is 8. The van der Waals surface area contributed by atoms with Crippen LogP contribution >= 0.6 is 11.8 Å². The van der Waals surface area contributed by atoms with E-state index in [9.17, 15) is 19.2 Å². The number of nitrogens with two attached hydrogens (primary N) is 1. The predicted molar refractivity (Wildman–Crippen MR) is 141 cm³/mol. The van der Waals surface area contributed by atoms with Gasteiger partial charge >= 0.3 is 5.97 Å². The lowest BCUT2D eigenvalue weighted by Gasteiger charge is -2.15. The average molecular weight is 520 g/mol. The normalized spacial score (nSPS) is 14.9. The van der Waals surface area contributed by atoms with Gasteiger partial charge in [0, 0.05) is 22.7 Å². The minimum Gasteiger partial charge on any atom is -0.494 e. The first-order valence-electron chi connectivity index (χ1n) is 11.5. The van der Waals surface area contributed by atoms with Crippen LogP contribution < -0.4 is 20.7 Å². The molecule has 0 aromatic heterocycles. The topological polar surface area (TPSA) is 128 Å². The summed E-state index contributed by atoms with van der Waals surface area (Å²) in [7, 11) is 0. The van der Waals surface area contributed by atoms with E-state index >= 15 is 0 Å². The van der Waals surface area contributed by atoms with Crippen LogP contribution in [0.25, 0.3) is 0 Å². The van der Waals surface area contributed by atoms with Crippen LogP contribution in [-0.2, 0) is 19.1 Å². The van der Waals surface area contributed by atoms with Gasteiger partial charge in [-0.1, -0.05) is 6.07 Å². The Morgan fingerprint density at radius 1 is 1.05 bits per heavy atom. The second-order valence-electron chi connectivity index (χ2n) is 8.08. The van der Waals surface area contributed by atoms with Gasteiger partial charge in [-0.25, -0.2) is 9.69 Å². The Balaban J connectivity index is 1.31. The Kier molecular flexibility index (Phi) is 8.09. The molecule has 1 saturated heterocycles. The molecule has 0 spiro atoms. The molecule has 9 nitrogen and oxygen atoms in total. The molecular weight excluding hydrogens is 494 g/mol. The maximum Gasteiger partial charge on any atom is 0.338 e. The second kappa shape index (κ2) is 11.6. The van der Waals surface area contributed by atoms with Crippen molar-refractivity contribution in [3.8, 4) is 5.75 Å². The Hall–Kier alpha value is -4.31. The highest BCUT2D eigenvalue weighted by atomic mass is 32.2. The molecule has 0 saturated carbocycles. The number of imide groups is 1. The fourth-order valence-electron chi connectivity index (χ4n) is 3.68. The third kappa shape index (κ3) is 6.47. The molecule has 190 valence electrons. The van der Waals surface area contributed by atoms with E-state index in [1.807, 2.05) is 13.0 Å². The molecule has 0 bridgehead atoms. The van der Waals surface area contributed by atoms with Crippen LogP contribution in [0, 0.1) is 0 Å². The molecule has 1 fully saturated rings. The van der Waals surface area contributed by atoms with E-state index < -0.39 is 23.7 Å². The molecule has 3 aromatic rings. The summed E-state index contributed by atoms with van der Waals surface area (Å²) in [5.41, 5.74) is 7.46. The van der Waals surface area contributed by atoms with Crippen molar-refractivity contribution in [2.75, 3.05) is 29.2 Å². The molecule has 0 radical (unpaired) electrons. The molecule has 3 aromatic carbocycles. The van der Waals surface area contributed by atoms with Gasteiger partial charge < -0.3 is 20.5 Å². The van der Waals surface area contributed by atoms with E-state index in [1.54, 1.807) is 42.5 Å². The number of anilines is 3. The summed E-state index contributed by atoms with van der Waals surface area (Å²) in [5.74, 6) is -1.18. The number of esters is 1. The summed E-state index contributed by atoms with van der Waals surface area (Å²) in [5, 5.41) is 2.07. The highest BCUT2D eigenvalue weighted by molar-refractivity contribution is 8.00. The molecule has 0 aliphatic carbocycles. The van der Waals surface area contributed by atoms with Crippen molar-refractivity contribution in [3.05, 3.63) is 78.4 Å². The number of amides is 3. The number of nitrogens with zero attached hydrogens (tertiary/aromatic N) is 1. The van der Waals surface area contributed by atoms with Crippen LogP contribution in [-0.4, -0.2) is 42.2 Å². The van der Waals surface area contributed by atoms with Gasteiger partial charge in [0.05, 0.1) is 23.1 Å². The number of carbonyl (C=O) groups excluding carboxylic acids is 4. The SMILES string of the molecule is CCOc1ccc(NC(=O)COC(=O)c2ccc(N3C(=O)CC(Sc4cccc(N)c4)C3=O)cc2)cc1. The number of ether oxygens (including phenoxy) is 2. The largest absolute Gasteiger partial charge is 0.494 e. The van der Waals surface area contributed by atoms with E-state index in [-0.39, 0.29) is 23.8 Å². The third-order valence-electron chi connectivity index (χ3n) is 5.39. The van der Waals surface area contributed by atoms with Crippen molar-refractivity contribution >= 4 is 52.5 Å². The van der Waals surface area contributed by atoms with E-state index in [2.05, 4.69) is 5.32 Å². The van der Waals surface area contributed by atoms with Crippen LogP contribution in [0.2, 0.25) is 0 Å². The van der Waals surface area contributed by atoms with Gasteiger partial charge in [0.2, 0.25) is 11.8 Å². The summed E-state index contributed by atoms with van der Waals surface area (Å²) >= 11 is 1.29. The maximum absolute atomic E-state index is 12.9. The maximum atomic E-state index is 12.9. The summed E-state index contributed by atoms with van der Waals surface area (Å²) in [4.78, 5) is 51.9. The standard InChI is InChI=1S/C27H25N3O6S/c1-2-35-21-12-8-19(9-13-21)29-24(31)16-36-27(34)17-6-10-20(11-7-17)30-25(32)15-23(26(30)33)37-22-5-3-4-18(28)14-22/h3-14,23H,2,15-16,28H2,1H3,(H,29,31). The number of benzene rings is 3. The summed E-state index contributed by atoms with van der Waals surface area (Å²) in [6.07, 6.45) is 0.0611. The Morgan fingerprint density at radius 3 is 2.46 bits per heavy atom. The van der Waals surface area contributed by atoms with Gasteiger partial charge in [0.15, 0.2) is 6.61 Å². The smallest absolute Gasteiger partial charge is 0.338 e. The van der Waals surface area contributed by atoms with E-state index in [1.165, 1.54) is 36.0 Å². The summed E-state index contributed by atoms with van der Waals surface area (Å²) in [6.45, 7) is 1.94. The molecule has 1 heterocycles. The number of nitrogens with one attached hydrogen (secondary N) is 1. The van der Waals surface area contributed by atoms with Gasteiger partial charge in [0.25, 0.3) is 5.91 Å². The Morgan fingerprint density at radius 2 is 1.78 bits per heavy atom. The fourth-order valence-corrected chi connectivity index (χ4v) is 4.80. The highest BCUT2D eigenvalue weighted by Crippen LogP contribution is 2.34. The summed E-state index contributed by atoms with van der Waals surface area (Å²) < 4.78 is 10.4. The third-order valence-corrected chi connectivity index (χ3v) is 6.57. The Labute approximate surface area is 217 Å². The van der Waals surface area contributed by atoms with Crippen molar-refractivity contribution in [2.45, 2.75) is 23.5 Å². The average Bonchev–Trinajstić information content (AvgIpc) is 3.16. The zero-order valence-electron chi connectivity index (χ0n) is 20.0. The van der Waals surface area contributed by atoms with Gasteiger partial charge in [0.1, 0.15) is 5.75 Å². The number of thioether (sulfide) groups is 1. The first-order chi connectivity index (χ1) is 17.8. The van der Waals surface area contributed by atoms with Crippen molar-refractivity contribution in [1.29, 1.82) is 0 Å². The monoisotopic (exact) mass is 519 g/mol. The summed E-state index contributed by atoms with van der Waals surface area (Å²) in [6, 6.07) is 19.8. The minimum absolute atomic E-state index is 0.0611.